The fourth-order valence-electron chi connectivity index (χ4n) is 1.56. The monoisotopic (exact) mass is 375 g/mol. The fourth-order valence-corrected chi connectivity index (χ4v) is 2.54. The number of ether oxygens (including phenoxy) is 1. The van der Waals surface area contributed by atoms with Gasteiger partial charge in [-0.05, 0) is 6.07 Å². The Balaban J connectivity index is 2.22. The highest BCUT2D eigenvalue weighted by Crippen LogP contribution is 2.37. The minimum absolute atomic E-state index is 0.108. The molecule has 2 aromatic rings. The zero-order valence-electron chi connectivity index (χ0n) is 9.98. The number of nitro groups is 1. The van der Waals surface area contributed by atoms with Gasteiger partial charge in [0.15, 0.2) is 5.75 Å². The number of benzene rings is 2. The third kappa shape index (κ3) is 3.42. The van der Waals surface area contributed by atoms with Gasteiger partial charge in [-0.15, -0.1) is 0 Å². The molecule has 0 amide bonds. The number of hydrogen-bond acceptors (Lipinski definition) is 3. The van der Waals surface area contributed by atoms with Crippen molar-refractivity contribution in [1.82, 2.24) is 0 Å². The van der Waals surface area contributed by atoms with Crippen LogP contribution in [0, 0.1) is 10.1 Å². The number of hydrogen-bond donors (Lipinski definition) is 0. The second-order valence-corrected chi connectivity index (χ2v) is 5.54. The molecule has 0 aliphatic rings. The third-order valence-electron chi connectivity index (χ3n) is 2.52. The van der Waals surface area contributed by atoms with Gasteiger partial charge in [-0.2, -0.15) is 0 Å². The molecule has 2 rings (SSSR count). The van der Waals surface area contributed by atoms with Gasteiger partial charge in [0, 0.05) is 22.2 Å². The lowest BCUT2D eigenvalue weighted by Crippen LogP contribution is -1.98. The van der Waals surface area contributed by atoms with Crippen LogP contribution in [0.25, 0.3) is 0 Å². The molecule has 0 N–H and O–H groups in total. The van der Waals surface area contributed by atoms with Crippen molar-refractivity contribution in [2.75, 3.05) is 0 Å². The summed E-state index contributed by atoms with van der Waals surface area (Å²) in [5.74, 6) is 0.231. The predicted octanol–water partition coefficient (Wildman–Crippen LogP) is 5.24. The van der Waals surface area contributed by atoms with E-state index in [1.807, 2.05) is 24.3 Å². The smallest absolute Gasteiger partial charge is 0.272 e. The molecule has 0 aliphatic heterocycles. The van der Waals surface area contributed by atoms with Crippen LogP contribution < -0.4 is 4.74 Å². The summed E-state index contributed by atoms with van der Waals surface area (Å²) in [7, 11) is 0. The number of halogens is 3. The maximum Gasteiger partial charge on any atom is 0.272 e. The van der Waals surface area contributed by atoms with E-state index in [-0.39, 0.29) is 28.1 Å². The van der Waals surface area contributed by atoms with Crippen LogP contribution in [-0.2, 0) is 6.61 Å². The Bertz CT molecular complexity index is 641. The Morgan fingerprint density at radius 1 is 1.20 bits per heavy atom. The molecule has 0 heterocycles. The van der Waals surface area contributed by atoms with E-state index in [1.54, 1.807) is 0 Å². The van der Waals surface area contributed by atoms with Crippen molar-refractivity contribution in [2.45, 2.75) is 6.61 Å². The highest BCUT2D eigenvalue weighted by Gasteiger charge is 2.16. The molecule has 4 nitrogen and oxygen atoms in total. The molecule has 0 atom stereocenters. The minimum atomic E-state index is -0.560. The Kier molecular flexibility index (Phi) is 4.86. The van der Waals surface area contributed by atoms with E-state index in [1.165, 1.54) is 12.1 Å². The summed E-state index contributed by atoms with van der Waals surface area (Å²) in [6, 6.07) is 9.96. The van der Waals surface area contributed by atoms with E-state index < -0.39 is 4.92 Å². The largest absolute Gasteiger partial charge is 0.486 e. The molecule has 0 spiro atoms. The van der Waals surface area contributed by atoms with Gasteiger partial charge in [0.1, 0.15) is 6.61 Å². The van der Waals surface area contributed by atoms with Crippen LogP contribution in [0.1, 0.15) is 5.56 Å². The highest BCUT2D eigenvalue weighted by atomic mass is 79.9. The maximum absolute atomic E-state index is 10.7. The summed E-state index contributed by atoms with van der Waals surface area (Å²) in [4.78, 5) is 10.1. The second-order valence-electron chi connectivity index (χ2n) is 3.88. The first kappa shape index (κ1) is 15.1. The van der Waals surface area contributed by atoms with Crippen LogP contribution in [-0.4, -0.2) is 4.92 Å². The average Bonchev–Trinajstić information content (AvgIpc) is 2.39. The van der Waals surface area contributed by atoms with Crippen molar-refractivity contribution in [3.05, 3.63) is 66.6 Å². The van der Waals surface area contributed by atoms with Gasteiger partial charge in [0.05, 0.1) is 15.0 Å². The quantitative estimate of drug-likeness (QED) is 0.541. The molecule has 0 unspecified atom stereocenters. The van der Waals surface area contributed by atoms with Gasteiger partial charge >= 0.3 is 0 Å². The first-order valence-corrected chi connectivity index (χ1v) is 7.03. The lowest BCUT2D eigenvalue weighted by molar-refractivity contribution is -0.384. The van der Waals surface area contributed by atoms with Crippen LogP contribution in [0.2, 0.25) is 10.0 Å². The SMILES string of the molecule is O=[N+]([O-])c1cc(Cl)c(OCc2ccccc2Br)c(Cl)c1. The van der Waals surface area contributed by atoms with Crippen molar-refractivity contribution in [2.24, 2.45) is 0 Å². The molecular weight excluding hydrogens is 369 g/mol. The third-order valence-corrected chi connectivity index (χ3v) is 3.86. The van der Waals surface area contributed by atoms with Crippen molar-refractivity contribution in [3.8, 4) is 5.75 Å². The summed E-state index contributed by atoms with van der Waals surface area (Å²) in [6.45, 7) is 0.249. The van der Waals surface area contributed by atoms with E-state index in [4.69, 9.17) is 27.9 Å². The molecule has 2 aromatic carbocycles. The van der Waals surface area contributed by atoms with E-state index >= 15 is 0 Å². The van der Waals surface area contributed by atoms with E-state index in [0.717, 1.165) is 10.0 Å². The van der Waals surface area contributed by atoms with E-state index in [0.29, 0.717) is 0 Å². The highest BCUT2D eigenvalue weighted by molar-refractivity contribution is 9.10. The molecule has 104 valence electrons. The van der Waals surface area contributed by atoms with Crippen LogP contribution in [0.15, 0.2) is 40.9 Å². The van der Waals surface area contributed by atoms with Crippen LogP contribution in [0.3, 0.4) is 0 Å². The molecule has 0 saturated heterocycles. The summed E-state index contributed by atoms with van der Waals surface area (Å²) in [5.41, 5.74) is 0.742. The van der Waals surface area contributed by atoms with E-state index in [2.05, 4.69) is 15.9 Å². The molecule has 0 saturated carbocycles. The maximum atomic E-state index is 10.7. The molecule has 0 aromatic heterocycles. The van der Waals surface area contributed by atoms with Crippen molar-refractivity contribution in [1.29, 1.82) is 0 Å². The fraction of sp³-hybridized carbons (Fsp3) is 0.0769. The number of rotatable bonds is 4. The Morgan fingerprint density at radius 3 is 2.35 bits per heavy atom. The molecule has 0 aliphatic carbocycles. The number of non-ortho nitro benzene ring substituents is 1. The van der Waals surface area contributed by atoms with Gasteiger partial charge in [-0.25, -0.2) is 0 Å². The average molecular weight is 377 g/mol. The van der Waals surface area contributed by atoms with Crippen LogP contribution >= 0.6 is 39.1 Å². The summed E-state index contributed by atoms with van der Waals surface area (Å²) in [6.07, 6.45) is 0. The van der Waals surface area contributed by atoms with Gasteiger partial charge in [0.25, 0.3) is 5.69 Å². The number of nitro benzene ring substituents is 1. The predicted molar refractivity (Wildman–Crippen MR) is 81.6 cm³/mol. The topological polar surface area (TPSA) is 52.4 Å². The summed E-state index contributed by atoms with van der Waals surface area (Å²) in [5, 5.41) is 10.9. The van der Waals surface area contributed by atoms with Crippen LogP contribution in [0.5, 0.6) is 5.75 Å². The zero-order chi connectivity index (χ0) is 14.7. The van der Waals surface area contributed by atoms with Crippen molar-refractivity contribution in [3.63, 3.8) is 0 Å². The summed E-state index contributed by atoms with van der Waals surface area (Å²) >= 11 is 15.3. The molecule has 0 fully saturated rings. The van der Waals surface area contributed by atoms with Gasteiger partial charge in [0.2, 0.25) is 0 Å². The molecule has 0 radical (unpaired) electrons. The Morgan fingerprint density at radius 2 is 1.80 bits per heavy atom. The molecule has 0 bridgehead atoms. The summed E-state index contributed by atoms with van der Waals surface area (Å²) < 4.78 is 6.45. The van der Waals surface area contributed by atoms with Crippen molar-refractivity contribution < 1.29 is 9.66 Å². The molecule has 7 heteroatoms. The first-order chi connectivity index (χ1) is 9.49. The van der Waals surface area contributed by atoms with Crippen LogP contribution in [0.4, 0.5) is 5.69 Å². The molecule has 20 heavy (non-hydrogen) atoms. The van der Waals surface area contributed by atoms with Crippen molar-refractivity contribution >= 4 is 44.8 Å². The Hall–Kier alpha value is -1.30. The minimum Gasteiger partial charge on any atom is -0.486 e. The lowest BCUT2D eigenvalue weighted by Gasteiger charge is -2.10. The van der Waals surface area contributed by atoms with Gasteiger partial charge < -0.3 is 4.74 Å². The first-order valence-electron chi connectivity index (χ1n) is 5.48. The van der Waals surface area contributed by atoms with Gasteiger partial charge in [-0.3, -0.25) is 10.1 Å². The molecular formula is C13H8BrCl2NO3. The Labute approximate surface area is 133 Å². The normalized spacial score (nSPS) is 10.3. The van der Waals surface area contributed by atoms with E-state index in [9.17, 15) is 10.1 Å². The lowest BCUT2D eigenvalue weighted by atomic mass is 10.2. The second kappa shape index (κ2) is 6.43. The zero-order valence-corrected chi connectivity index (χ0v) is 13.1. The number of nitrogens with zero attached hydrogens (tertiary/aromatic N) is 1. The van der Waals surface area contributed by atoms with Gasteiger partial charge in [-0.1, -0.05) is 57.3 Å². The standard InChI is InChI=1S/C13H8BrCl2NO3/c14-10-4-2-1-3-8(10)7-20-13-11(15)5-9(17(18)19)6-12(13)16/h1-6H,7H2.